The SMILES string of the molecule is Cc1ccc(F)c(N2C=Nc3ccc(F)cc3C2)c1. The molecule has 3 rings (SSSR count). The van der Waals surface area contributed by atoms with Crippen molar-refractivity contribution in [2.24, 2.45) is 4.99 Å². The fourth-order valence-electron chi connectivity index (χ4n) is 2.15. The Morgan fingerprint density at radius 1 is 1.11 bits per heavy atom. The van der Waals surface area contributed by atoms with E-state index in [1.807, 2.05) is 6.92 Å². The second-order valence-corrected chi connectivity index (χ2v) is 4.60. The van der Waals surface area contributed by atoms with Crippen LogP contribution in [0, 0.1) is 18.6 Å². The number of benzene rings is 2. The van der Waals surface area contributed by atoms with E-state index in [2.05, 4.69) is 4.99 Å². The van der Waals surface area contributed by atoms with Crippen molar-refractivity contribution in [2.75, 3.05) is 4.90 Å². The quantitative estimate of drug-likeness (QED) is 0.756. The third-order valence-corrected chi connectivity index (χ3v) is 3.13. The molecule has 0 fully saturated rings. The van der Waals surface area contributed by atoms with Crippen LogP contribution in [0.2, 0.25) is 0 Å². The zero-order chi connectivity index (χ0) is 13.4. The molecule has 1 heterocycles. The van der Waals surface area contributed by atoms with Gasteiger partial charge in [-0.3, -0.25) is 0 Å². The van der Waals surface area contributed by atoms with Crippen molar-refractivity contribution in [1.29, 1.82) is 0 Å². The highest BCUT2D eigenvalue weighted by Crippen LogP contribution is 2.29. The van der Waals surface area contributed by atoms with Crippen LogP contribution in [0.15, 0.2) is 41.4 Å². The number of nitrogens with zero attached hydrogens (tertiary/aromatic N) is 2. The van der Waals surface area contributed by atoms with Gasteiger partial charge in [-0.05, 0) is 42.8 Å². The average Bonchev–Trinajstić information content (AvgIpc) is 2.40. The Morgan fingerprint density at radius 2 is 1.95 bits per heavy atom. The molecular weight excluding hydrogens is 246 g/mol. The second-order valence-electron chi connectivity index (χ2n) is 4.60. The Hall–Kier alpha value is -2.23. The lowest BCUT2D eigenvalue weighted by Gasteiger charge is -2.25. The van der Waals surface area contributed by atoms with Crippen LogP contribution in [-0.2, 0) is 6.54 Å². The first kappa shape index (κ1) is 11.8. The highest BCUT2D eigenvalue weighted by atomic mass is 19.1. The average molecular weight is 258 g/mol. The van der Waals surface area contributed by atoms with E-state index in [-0.39, 0.29) is 11.6 Å². The minimum atomic E-state index is -0.308. The predicted molar refractivity (Wildman–Crippen MR) is 71.9 cm³/mol. The topological polar surface area (TPSA) is 15.6 Å². The molecule has 0 N–H and O–H groups in total. The molecule has 2 aromatic rings. The second kappa shape index (κ2) is 4.46. The van der Waals surface area contributed by atoms with Crippen LogP contribution in [0.5, 0.6) is 0 Å². The summed E-state index contributed by atoms with van der Waals surface area (Å²) in [5.41, 5.74) is 2.91. The van der Waals surface area contributed by atoms with Gasteiger partial charge >= 0.3 is 0 Å². The zero-order valence-corrected chi connectivity index (χ0v) is 10.4. The van der Waals surface area contributed by atoms with E-state index in [4.69, 9.17) is 0 Å². The van der Waals surface area contributed by atoms with Crippen LogP contribution >= 0.6 is 0 Å². The lowest BCUT2D eigenvalue weighted by molar-refractivity contribution is 0.621. The third kappa shape index (κ3) is 2.21. The molecule has 2 nitrogen and oxygen atoms in total. The molecule has 0 bridgehead atoms. The van der Waals surface area contributed by atoms with Crippen molar-refractivity contribution in [3.05, 3.63) is 59.2 Å². The number of hydrogen-bond donors (Lipinski definition) is 0. The smallest absolute Gasteiger partial charge is 0.146 e. The van der Waals surface area contributed by atoms with Gasteiger partial charge < -0.3 is 4.90 Å². The maximum absolute atomic E-state index is 13.8. The maximum Gasteiger partial charge on any atom is 0.146 e. The summed E-state index contributed by atoms with van der Waals surface area (Å²) in [5, 5.41) is 0. The number of halogens is 2. The molecule has 0 spiro atoms. The molecule has 2 aromatic carbocycles. The first-order valence-electron chi connectivity index (χ1n) is 5.99. The van der Waals surface area contributed by atoms with Crippen LogP contribution in [0.25, 0.3) is 0 Å². The molecule has 0 atom stereocenters. The first-order chi connectivity index (χ1) is 9.13. The van der Waals surface area contributed by atoms with Crippen LogP contribution in [0.3, 0.4) is 0 Å². The number of aliphatic imine (C=N–C) groups is 1. The summed E-state index contributed by atoms with van der Waals surface area (Å²) in [6, 6.07) is 9.34. The largest absolute Gasteiger partial charge is 0.325 e. The van der Waals surface area contributed by atoms with E-state index in [0.29, 0.717) is 12.2 Å². The molecule has 0 saturated heterocycles. The fourth-order valence-corrected chi connectivity index (χ4v) is 2.15. The van der Waals surface area contributed by atoms with E-state index >= 15 is 0 Å². The first-order valence-corrected chi connectivity index (χ1v) is 5.99. The van der Waals surface area contributed by atoms with Gasteiger partial charge in [-0.1, -0.05) is 6.07 Å². The maximum atomic E-state index is 13.8. The Kier molecular flexibility index (Phi) is 2.78. The summed E-state index contributed by atoms with van der Waals surface area (Å²) in [4.78, 5) is 5.91. The molecule has 19 heavy (non-hydrogen) atoms. The molecule has 0 aromatic heterocycles. The molecule has 0 radical (unpaired) electrons. The summed E-state index contributed by atoms with van der Waals surface area (Å²) < 4.78 is 27.1. The van der Waals surface area contributed by atoms with Crippen molar-refractivity contribution in [3.63, 3.8) is 0 Å². The van der Waals surface area contributed by atoms with Gasteiger partial charge in [0.1, 0.15) is 11.6 Å². The lowest BCUT2D eigenvalue weighted by atomic mass is 10.1. The number of fused-ring (bicyclic) bond motifs is 1. The van der Waals surface area contributed by atoms with Gasteiger partial charge in [0.2, 0.25) is 0 Å². The van der Waals surface area contributed by atoms with Gasteiger partial charge in [0, 0.05) is 5.56 Å². The van der Waals surface area contributed by atoms with Gasteiger partial charge in [-0.25, -0.2) is 13.8 Å². The van der Waals surface area contributed by atoms with Crippen LogP contribution in [0.4, 0.5) is 20.2 Å². The Morgan fingerprint density at radius 3 is 2.79 bits per heavy atom. The molecule has 4 heteroatoms. The Bertz CT molecular complexity index is 665. The third-order valence-electron chi connectivity index (χ3n) is 3.13. The summed E-state index contributed by atoms with van der Waals surface area (Å²) in [5.74, 6) is -0.614. The van der Waals surface area contributed by atoms with Crippen LogP contribution < -0.4 is 4.90 Å². The monoisotopic (exact) mass is 258 g/mol. The molecule has 1 aliphatic heterocycles. The highest BCUT2D eigenvalue weighted by Gasteiger charge is 2.16. The lowest BCUT2D eigenvalue weighted by Crippen LogP contribution is -2.24. The van der Waals surface area contributed by atoms with Crippen molar-refractivity contribution in [2.45, 2.75) is 13.5 Å². The van der Waals surface area contributed by atoms with E-state index in [0.717, 1.165) is 16.8 Å². The van der Waals surface area contributed by atoms with Crippen LogP contribution in [-0.4, -0.2) is 6.34 Å². The van der Waals surface area contributed by atoms with Gasteiger partial charge in [-0.2, -0.15) is 0 Å². The normalized spacial score (nSPS) is 13.5. The molecular formula is C15H12F2N2. The number of aryl methyl sites for hydroxylation is 1. The van der Waals surface area contributed by atoms with E-state index in [1.165, 1.54) is 18.2 Å². The van der Waals surface area contributed by atoms with E-state index in [9.17, 15) is 8.78 Å². The van der Waals surface area contributed by atoms with Crippen molar-refractivity contribution >= 4 is 17.7 Å². The minimum absolute atomic E-state index is 0.305. The molecule has 0 aliphatic carbocycles. The van der Waals surface area contributed by atoms with Crippen molar-refractivity contribution in [3.8, 4) is 0 Å². The van der Waals surface area contributed by atoms with Gasteiger partial charge in [-0.15, -0.1) is 0 Å². The van der Waals surface area contributed by atoms with E-state index in [1.54, 1.807) is 29.4 Å². The fraction of sp³-hybridized carbons (Fsp3) is 0.133. The summed E-state index contributed by atoms with van der Waals surface area (Å²) in [6.45, 7) is 2.31. The van der Waals surface area contributed by atoms with Crippen molar-refractivity contribution in [1.82, 2.24) is 0 Å². The predicted octanol–water partition coefficient (Wildman–Crippen LogP) is 3.95. The molecule has 0 unspecified atom stereocenters. The number of anilines is 1. The summed E-state index contributed by atoms with van der Waals surface area (Å²) >= 11 is 0. The van der Waals surface area contributed by atoms with Gasteiger partial charge in [0.15, 0.2) is 0 Å². The van der Waals surface area contributed by atoms with Gasteiger partial charge in [0.05, 0.1) is 24.3 Å². The van der Waals surface area contributed by atoms with Gasteiger partial charge in [0.25, 0.3) is 0 Å². The summed E-state index contributed by atoms with van der Waals surface area (Å²) in [7, 11) is 0. The zero-order valence-electron chi connectivity index (χ0n) is 10.4. The molecule has 0 saturated carbocycles. The molecule has 1 aliphatic rings. The molecule has 0 amide bonds. The summed E-state index contributed by atoms with van der Waals surface area (Å²) in [6.07, 6.45) is 1.58. The Balaban J connectivity index is 2.00. The molecule has 96 valence electrons. The minimum Gasteiger partial charge on any atom is -0.325 e. The standard InChI is InChI=1S/C15H12F2N2/c1-10-2-4-13(17)15(6-10)19-8-11-7-12(16)3-5-14(11)18-9-19/h2-7,9H,8H2,1H3. The number of rotatable bonds is 1. The number of hydrogen-bond acceptors (Lipinski definition) is 2. The Labute approximate surface area is 110 Å². The van der Waals surface area contributed by atoms with Crippen LogP contribution in [0.1, 0.15) is 11.1 Å². The highest BCUT2D eigenvalue weighted by molar-refractivity contribution is 5.84. The van der Waals surface area contributed by atoms with Crippen molar-refractivity contribution < 1.29 is 8.78 Å². The van der Waals surface area contributed by atoms with E-state index < -0.39 is 0 Å².